The number of aryl methyl sites for hydroxylation is 1. The molecule has 110 valence electrons. The molecule has 0 spiro atoms. The molecule has 1 saturated carbocycles. The maximum absolute atomic E-state index is 14.2. The van der Waals surface area contributed by atoms with E-state index in [1.54, 1.807) is 19.1 Å². The molecule has 2 aromatic rings. The second-order valence-electron chi connectivity index (χ2n) is 5.56. The molecule has 0 bridgehead atoms. The monoisotopic (exact) mass is 307 g/mol. The molecular weight excluding hydrogens is 292 g/mol. The molecule has 0 aliphatic heterocycles. The van der Waals surface area contributed by atoms with Gasteiger partial charge in [0.05, 0.1) is 6.04 Å². The fourth-order valence-electron chi connectivity index (χ4n) is 2.52. The van der Waals surface area contributed by atoms with Gasteiger partial charge in [0.1, 0.15) is 11.5 Å². The van der Waals surface area contributed by atoms with Crippen molar-refractivity contribution in [2.24, 2.45) is 5.92 Å². The van der Waals surface area contributed by atoms with Gasteiger partial charge in [-0.1, -0.05) is 29.8 Å². The Morgan fingerprint density at radius 3 is 2.38 bits per heavy atom. The highest BCUT2D eigenvalue weighted by Crippen LogP contribution is 2.43. The van der Waals surface area contributed by atoms with Crippen LogP contribution in [0.5, 0.6) is 0 Å². The van der Waals surface area contributed by atoms with Gasteiger partial charge < -0.3 is 5.32 Å². The molecule has 1 aliphatic carbocycles. The molecule has 3 rings (SSSR count). The average Bonchev–Trinajstić information content (AvgIpc) is 3.29. The van der Waals surface area contributed by atoms with Gasteiger partial charge in [-0.3, -0.25) is 0 Å². The minimum absolute atomic E-state index is 0.0400. The van der Waals surface area contributed by atoms with Crippen LogP contribution in [0.15, 0.2) is 36.4 Å². The maximum Gasteiger partial charge on any atom is 0.152 e. The lowest BCUT2D eigenvalue weighted by molar-refractivity contribution is 0.570. The lowest BCUT2D eigenvalue weighted by atomic mass is 10.0. The first-order chi connectivity index (χ1) is 10.1. The summed E-state index contributed by atoms with van der Waals surface area (Å²) in [5.41, 5.74) is 1.40. The number of anilines is 1. The number of hydrogen-bond acceptors (Lipinski definition) is 1. The zero-order chi connectivity index (χ0) is 15.0. The van der Waals surface area contributed by atoms with Crippen molar-refractivity contribution in [3.05, 3.63) is 64.2 Å². The van der Waals surface area contributed by atoms with E-state index in [-0.39, 0.29) is 11.7 Å². The Labute approximate surface area is 127 Å². The lowest BCUT2D eigenvalue weighted by Crippen LogP contribution is -2.15. The van der Waals surface area contributed by atoms with E-state index >= 15 is 0 Å². The molecule has 2 aromatic carbocycles. The summed E-state index contributed by atoms with van der Waals surface area (Å²) in [4.78, 5) is 0. The van der Waals surface area contributed by atoms with Crippen molar-refractivity contribution in [2.45, 2.75) is 25.8 Å². The summed E-state index contributed by atoms with van der Waals surface area (Å²) in [6.07, 6.45) is 2.13. The molecule has 1 aliphatic rings. The van der Waals surface area contributed by atoms with Crippen LogP contribution in [-0.2, 0) is 0 Å². The first-order valence-electron chi connectivity index (χ1n) is 7.03. The number of nitrogens with one attached hydrogen (secondary N) is 1. The van der Waals surface area contributed by atoms with E-state index in [1.807, 2.05) is 12.1 Å². The van der Waals surface area contributed by atoms with Crippen LogP contribution in [0.1, 0.15) is 30.0 Å². The molecule has 1 N–H and O–H groups in total. The first kappa shape index (κ1) is 14.3. The summed E-state index contributed by atoms with van der Waals surface area (Å²) in [5.74, 6) is -0.669. The van der Waals surface area contributed by atoms with Crippen LogP contribution in [-0.4, -0.2) is 0 Å². The molecule has 0 amide bonds. The topological polar surface area (TPSA) is 12.0 Å². The van der Waals surface area contributed by atoms with Gasteiger partial charge in [0.15, 0.2) is 5.82 Å². The lowest BCUT2D eigenvalue weighted by Gasteiger charge is -2.21. The average molecular weight is 308 g/mol. The summed E-state index contributed by atoms with van der Waals surface area (Å²) < 4.78 is 28.1. The minimum Gasteiger partial charge on any atom is -0.373 e. The van der Waals surface area contributed by atoms with E-state index in [0.717, 1.165) is 18.4 Å². The smallest absolute Gasteiger partial charge is 0.152 e. The Morgan fingerprint density at radius 2 is 1.76 bits per heavy atom. The highest BCUT2D eigenvalue weighted by molar-refractivity contribution is 6.30. The Bertz CT molecular complexity index is 651. The third kappa shape index (κ3) is 3.03. The Hall–Kier alpha value is -1.61. The third-order valence-electron chi connectivity index (χ3n) is 3.91. The van der Waals surface area contributed by atoms with Crippen LogP contribution in [0, 0.1) is 24.5 Å². The van der Waals surface area contributed by atoms with Crippen LogP contribution in [0.4, 0.5) is 14.5 Å². The molecule has 0 aromatic heterocycles. The van der Waals surface area contributed by atoms with Gasteiger partial charge in [-0.05, 0) is 55.0 Å². The molecule has 4 heteroatoms. The van der Waals surface area contributed by atoms with E-state index in [0.29, 0.717) is 16.5 Å². The van der Waals surface area contributed by atoms with E-state index in [9.17, 15) is 8.78 Å². The van der Waals surface area contributed by atoms with Gasteiger partial charge in [-0.15, -0.1) is 0 Å². The molecule has 0 radical (unpaired) electrons. The van der Waals surface area contributed by atoms with Crippen molar-refractivity contribution in [1.82, 2.24) is 0 Å². The molecule has 1 unspecified atom stereocenters. The molecule has 1 fully saturated rings. The minimum atomic E-state index is -0.558. The van der Waals surface area contributed by atoms with E-state index in [4.69, 9.17) is 11.6 Å². The zero-order valence-corrected chi connectivity index (χ0v) is 12.4. The van der Waals surface area contributed by atoms with Crippen LogP contribution in [0.2, 0.25) is 5.02 Å². The normalized spacial score (nSPS) is 15.8. The molecule has 1 nitrogen and oxygen atoms in total. The van der Waals surface area contributed by atoms with Crippen molar-refractivity contribution in [2.75, 3.05) is 5.32 Å². The summed E-state index contributed by atoms with van der Waals surface area (Å²) in [7, 11) is 0. The Kier molecular flexibility index (Phi) is 3.85. The van der Waals surface area contributed by atoms with Gasteiger partial charge in [-0.2, -0.15) is 0 Å². The summed E-state index contributed by atoms with van der Waals surface area (Å²) in [6.45, 7) is 1.63. The SMILES string of the molecule is Cc1ccc(F)c(NC(c2ccc(Cl)cc2)C2CC2)c1F. The van der Waals surface area contributed by atoms with Gasteiger partial charge in [0, 0.05) is 5.02 Å². The largest absolute Gasteiger partial charge is 0.373 e. The van der Waals surface area contributed by atoms with Gasteiger partial charge in [-0.25, -0.2) is 8.78 Å². The highest BCUT2D eigenvalue weighted by atomic mass is 35.5. The number of benzene rings is 2. The Balaban J connectivity index is 1.93. The van der Waals surface area contributed by atoms with Crippen molar-refractivity contribution in [3.63, 3.8) is 0 Å². The number of halogens is 3. The van der Waals surface area contributed by atoms with Crippen molar-refractivity contribution in [1.29, 1.82) is 0 Å². The van der Waals surface area contributed by atoms with Crippen LogP contribution >= 0.6 is 11.6 Å². The van der Waals surface area contributed by atoms with Gasteiger partial charge >= 0.3 is 0 Å². The second kappa shape index (κ2) is 5.64. The molecule has 1 atom stereocenters. The zero-order valence-electron chi connectivity index (χ0n) is 11.7. The highest BCUT2D eigenvalue weighted by Gasteiger charge is 2.33. The van der Waals surface area contributed by atoms with E-state index in [1.165, 1.54) is 12.1 Å². The second-order valence-corrected chi connectivity index (χ2v) is 6.00. The number of rotatable bonds is 4. The standard InChI is InChI=1S/C17H16ClF2N/c1-10-2-9-14(19)17(15(10)20)21-16(11-3-4-11)12-5-7-13(18)8-6-12/h2,5-9,11,16,21H,3-4H2,1H3. The van der Waals surface area contributed by atoms with Crippen molar-refractivity contribution < 1.29 is 8.78 Å². The first-order valence-corrected chi connectivity index (χ1v) is 7.40. The quantitative estimate of drug-likeness (QED) is 0.787. The van der Waals surface area contributed by atoms with Crippen LogP contribution in [0.25, 0.3) is 0 Å². The van der Waals surface area contributed by atoms with Crippen LogP contribution < -0.4 is 5.32 Å². The summed E-state index contributed by atoms with van der Waals surface area (Å²) >= 11 is 5.90. The Morgan fingerprint density at radius 1 is 1.10 bits per heavy atom. The van der Waals surface area contributed by atoms with Gasteiger partial charge in [0.2, 0.25) is 0 Å². The van der Waals surface area contributed by atoms with Crippen LogP contribution in [0.3, 0.4) is 0 Å². The molecular formula is C17H16ClF2N. The van der Waals surface area contributed by atoms with E-state index < -0.39 is 11.6 Å². The summed E-state index contributed by atoms with van der Waals surface area (Å²) in [5, 5.41) is 3.71. The maximum atomic E-state index is 14.2. The van der Waals surface area contributed by atoms with E-state index in [2.05, 4.69) is 5.32 Å². The fourth-order valence-corrected chi connectivity index (χ4v) is 2.64. The fraction of sp³-hybridized carbons (Fsp3) is 0.294. The molecule has 0 heterocycles. The summed E-state index contributed by atoms with van der Waals surface area (Å²) in [6, 6.07) is 10.1. The predicted molar refractivity (Wildman–Crippen MR) is 81.6 cm³/mol. The van der Waals surface area contributed by atoms with Crippen molar-refractivity contribution in [3.8, 4) is 0 Å². The predicted octanol–water partition coefficient (Wildman–Crippen LogP) is 5.49. The van der Waals surface area contributed by atoms with Gasteiger partial charge in [0.25, 0.3) is 0 Å². The molecule has 0 saturated heterocycles. The third-order valence-corrected chi connectivity index (χ3v) is 4.16. The number of hydrogen-bond donors (Lipinski definition) is 1. The van der Waals surface area contributed by atoms with Crippen molar-refractivity contribution >= 4 is 17.3 Å². The molecule has 21 heavy (non-hydrogen) atoms.